The van der Waals surface area contributed by atoms with E-state index in [-0.39, 0.29) is 18.4 Å². The summed E-state index contributed by atoms with van der Waals surface area (Å²) < 4.78 is 0. The van der Waals surface area contributed by atoms with E-state index in [4.69, 9.17) is 0 Å². The summed E-state index contributed by atoms with van der Waals surface area (Å²) in [7, 11) is 0. The lowest BCUT2D eigenvalue weighted by atomic mass is 10.0. The minimum Gasteiger partial charge on any atom is -0.362 e. The van der Waals surface area contributed by atoms with Crippen LogP contribution in [-0.4, -0.2) is 24.9 Å². The highest BCUT2D eigenvalue weighted by Crippen LogP contribution is 2.26. The van der Waals surface area contributed by atoms with Crippen molar-refractivity contribution in [1.29, 1.82) is 0 Å². The number of hydrazine groups is 1. The zero-order chi connectivity index (χ0) is 17.8. The van der Waals surface area contributed by atoms with Gasteiger partial charge in [0.2, 0.25) is 0 Å². The van der Waals surface area contributed by atoms with E-state index in [0.29, 0.717) is 5.56 Å². The van der Waals surface area contributed by atoms with Crippen molar-refractivity contribution in [2.45, 2.75) is 26.7 Å². The second kappa shape index (κ2) is 7.38. The number of aryl methyl sites for hydroxylation is 2. The molecule has 5 nitrogen and oxygen atoms in total. The molecule has 0 unspecified atom stereocenters. The summed E-state index contributed by atoms with van der Waals surface area (Å²) >= 11 is 0. The van der Waals surface area contributed by atoms with Crippen molar-refractivity contribution in [2.75, 3.05) is 18.0 Å². The van der Waals surface area contributed by atoms with Crippen LogP contribution in [0.1, 0.15) is 33.5 Å². The Bertz CT molecular complexity index is 801. The van der Waals surface area contributed by atoms with Gasteiger partial charge in [0.1, 0.15) is 0 Å². The molecule has 0 radical (unpaired) electrons. The predicted octanol–water partition coefficient (Wildman–Crippen LogP) is 2.52. The van der Waals surface area contributed by atoms with Gasteiger partial charge in [0.05, 0.1) is 6.54 Å². The highest BCUT2D eigenvalue weighted by atomic mass is 16.2. The number of amides is 2. The average molecular weight is 337 g/mol. The van der Waals surface area contributed by atoms with Crippen LogP contribution in [0.4, 0.5) is 5.69 Å². The van der Waals surface area contributed by atoms with E-state index in [1.807, 2.05) is 44.2 Å². The molecule has 1 heterocycles. The van der Waals surface area contributed by atoms with Crippen molar-refractivity contribution in [1.82, 2.24) is 10.9 Å². The van der Waals surface area contributed by atoms with Crippen molar-refractivity contribution in [3.05, 3.63) is 64.7 Å². The third kappa shape index (κ3) is 3.82. The Morgan fingerprint density at radius 2 is 1.84 bits per heavy atom. The Balaban J connectivity index is 1.59. The number of nitrogens with one attached hydrogen (secondary N) is 2. The van der Waals surface area contributed by atoms with Crippen molar-refractivity contribution in [2.24, 2.45) is 0 Å². The molecule has 0 saturated carbocycles. The molecule has 130 valence electrons. The lowest BCUT2D eigenvalue weighted by Crippen LogP contribution is -2.47. The first kappa shape index (κ1) is 17.0. The molecule has 0 spiro atoms. The van der Waals surface area contributed by atoms with Gasteiger partial charge in [-0.05, 0) is 55.5 Å². The minimum atomic E-state index is -0.298. The van der Waals surface area contributed by atoms with E-state index in [2.05, 4.69) is 21.8 Å². The third-order valence-electron chi connectivity index (χ3n) is 4.71. The molecule has 0 aromatic heterocycles. The van der Waals surface area contributed by atoms with Crippen LogP contribution in [0.15, 0.2) is 42.5 Å². The van der Waals surface area contributed by atoms with E-state index in [1.54, 1.807) is 6.07 Å². The Morgan fingerprint density at radius 1 is 1.04 bits per heavy atom. The van der Waals surface area contributed by atoms with E-state index >= 15 is 0 Å². The third-order valence-corrected chi connectivity index (χ3v) is 4.71. The lowest BCUT2D eigenvalue weighted by molar-refractivity contribution is -0.120. The van der Waals surface area contributed by atoms with Crippen LogP contribution in [0.25, 0.3) is 0 Å². The standard InChI is InChI=1S/C20H23N3O2/c1-14-7-5-10-17(15(14)2)20(25)22-21-19(24)13-23-12-6-9-16-8-3-4-11-18(16)23/h3-5,7-8,10-11H,6,9,12-13H2,1-2H3,(H,21,24)(H,22,25). The monoisotopic (exact) mass is 337 g/mol. The Morgan fingerprint density at radius 3 is 2.68 bits per heavy atom. The van der Waals surface area contributed by atoms with Crippen molar-refractivity contribution in [3.63, 3.8) is 0 Å². The number of para-hydroxylation sites is 1. The number of nitrogens with zero attached hydrogens (tertiary/aromatic N) is 1. The Kier molecular flexibility index (Phi) is 5.03. The van der Waals surface area contributed by atoms with Crippen molar-refractivity contribution in [3.8, 4) is 0 Å². The molecular weight excluding hydrogens is 314 g/mol. The highest BCUT2D eigenvalue weighted by Gasteiger charge is 2.19. The molecule has 2 aromatic carbocycles. The molecule has 3 rings (SSSR count). The topological polar surface area (TPSA) is 61.4 Å². The van der Waals surface area contributed by atoms with Gasteiger partial charge in [-0.3, -0.25) is 20.4 Å². The SMILES string of the molecule is Cc1cccc(C(=O)NNC(=O)CN2CCCc3ccccc32)c1C. The van der Waals surface area contributed by atoms with Gasteiger partial charge in [-0.25, -0.2) is 0 Å². The van der Waals surface area contributed by atoms with Crippen LogP contribution in [0.3, 0.4) is 0 Å². The molecule has 1 aliphatic rings. The van der Waals surface area contributed by atoms with Gasteiger partial charge in [-0.1, -0.05) is 30.3 Å². The summed E-state index contributed by atoms with van der Waals surface area (Å²) in [6.07, 6.45) is 2.07. The van der Waals surface area contributed by atoms with Gasteiger partial charge in [-0.15, -0.1) is 0 Å². The number of fused-ring (bicyclic) bond motifs is 1. The largest absolute Gasteiger partial charge is 0.362 e. The quantitative estimate of drug-likeness (QED) is 0.846. The smallest absolute Gasteiger partial charge is 0.269 e. The van der Waals surface area contributed by atoms with Gasteiger partial charge in [0.25, 0.3) is 11.8 Å². The number of anilines is 1. The van der Waals surface area contributed by atoms with Crippen LogP contribution >= 0.6 is 0 Å². The van der Waals surface area contributed by atoms with Gasteiger partial charge in [0, 0.05) is 17.8 Å². The number of carbonyl (C=O) groups excluding carboxylic acids is 2. The zero-order valence-electron chi connectivity index (χ0n) is 14.6. The first-order valence-corrected chi connectivity index (χ1v) is 8.54. The lowest BCUT2D eigenvalue weighted by Gasteiger charge is -2.30. The molecule has 0 aliphatic carbocycles. The van der Waals surface area contributed by atoms with Crippen LogP contribution < -0.4 is 15.8 Å². The maximum absolute atomic E-state index is 12.3. The summed E-state index contributed by atoms with van der Waals surface area (Å²) in [6.45, 7) is 4.93. The highest BCUT2D eigenvalue weighted by molar-refractivity contribution is 5.97. The fourth-order valence-electron chi connectivity index (χ4n) is 3.18. The number of rotatable bonds is 3. The second-order valence-corrected chi connectivity index (χ2v) is 6.40. The molecule has 0 bridgehead atoms. The van der Waals surface area contributed by atoms with Crippen LogP contribution in [-0.2, 0) is 11.2 Å². The zero-order valence-corrected chi connectivity index (χ0v) is 14.6. The van der Waals surface area contributed by atoms with Crippen molar-refractivity contribution >= 4 is 17.5 Å². The molecule has 2 N–H and O–H groups in total. The fraction of sp³-hybridized carbons (Fsp3) is 0.300. The van der Waals surface area contributed by atoms with E-state index in [9.17, 15) is 9.59 Å². The molecule has 1 aliphatic heterocycles. The van der Waals surface area contributed by atoms with E-state index in [1.165, 1.54) is 5.56 Å². The number of hydrogen-bond donors (Lipinski definition) is 2. The molecule has 2 aromatic rings. The summed E-state index contributed by atoms with van der Waals surface area (Å²) in [5.74, 6) is -0.524. The number of hydrogen-bond acceptors (Lipinski definition) is 3. The molecule has 5 heteroatoms. The molecular formula is C20H23N3O2. The first-order chi connectivity index (χ1) is 12.1. The molecule has 2 amide bonds. The average Bonchev–Trinajstić information content (AvgIpc) is 2.62. The van der Waals surface area contributed by atoms with Crippen molar-refractivity contribution < 1.29 is 9.59 Å². The maximum atomic E-state index is 12.3. The summed E-state index contributed by atoms with van der Waals surface area (Å²) in [6, 6.07) is 13.7. The van der Waals surface area contributed by atoms with Crippen LogP contribution in [0, 0.1) is 13.8 Å². The normalized spacial score (nSPS) is 13.1. The number of carbonyl (C=O) groups is 2. The molecule has 0 saturated heterocycles. The van der Waals surface area contributed by atoms with Gasteiger partial charge >= 0.3 is 0 Å². The Labute approximate surface area is 148 Å². The molecule has 25 heavy (non-hydrogen) atoms. The predicted molar refractivity (Wildman–Crippen MR) is 98.5 cm³/mol. The second-order valence-electron chi connectivity index (χ2n) is 6.40. The van der Waals surface area contributed by atoms with E-state index < -0.39 is 0 Å². The van der Waals surface area contributed by atoms with Crippen LogP contribution in [0.2, 0.25) is 0 Å². The first-order valence-electron chi connectivity index (χ1n) is 8.54. The van der Waals surface area contributed by atoms with Gasteiger partial charge in [0.15, 0.2) is 0 Å². The van der Waals surface area contributed by atoms with Gasteiger partial charge < -0.3 is 4.90 Å². The molecule has 0 fully saturated rings. The fourth-order valence-corrected chi connectivity index (χ4v) is 3.18. The summed E-state index contributed by atoms with van der Waals surface area (Å²) in [4.78, 5) is 26.6. The van der Waals surface area contributed by atoms with E-state index in [0.717, 1.165) is 36.2 Å². The minimum absolute atomic E-state index is 0.226. The number of benzene rings is 2. The molecule has 0 atom stereocenters. The Hall–Kier alpha value is -2.82. The van der Waals surface area contributed by atoms with Crippen LogP contribution in [0.5, 0.6) is 0 Å². The maximum Gasteiger partial charge on any atom is 0.269 e. The summed E-state index contributed by atoms with van der Waals surface area (Å²) in [5.41, 5.74) is 9.94. The summed E-state index contributed by atoms with van der Waals surface area (Å²) in [5, 5.41) is 0. The van der Waals surface area contributed by atoms with Gasteiger partial charge in [-0.2, -0.15) is 0 Å².